The molecular weight excluding hydrogens is 319 g/mol. The van der Waals surface area contributed by atoms with E-state index in [-0.39, 0.29) is 18.0 Å². The van der Waals surface area contributed by atoms with Crippen LogP contribution in [-0.4, -0.2) is 55.4 Å². The summed E-state index contributed by atoms with van der Waals surface area (Å²) in [5.74, 6) is -0.287. The van der Waals surface area contributed by atoms with Crippen molar-refractivity contribution < 1.29 is 17.5 Å². The van der Waals surface area contributed by atoms with Gasteiger partial charge in [-0.2, -0.15) is 17.0 Å². The first kappa shape index (κ1) is 16.8. The van der Waals surface area contributed by atoms with Gasteiger partial charge in [0.2, 0.25) is 0 Å². The van der Waals surface area contributed by atoms with Crippen LogP contribution in [0.4, 0.5) is 4.39 Å². The number of ether oxygens (including phenoxy) is 1. The van der Waals surface area contributed by atoms with Gasteiger partial charge in [0.05, 0.1) is 12.7 Å². The number of halogens is 1. The summed E-state index contributed by atoms with van der Waals surface area (Å²) >= 11 is 0. The standard InChI is InChI=1S/C16H23FN2O3S/c1-13-12-18(9-10-22-13)23(20,21)19(16-5-6-16)8-7-14-3-2-4-15(17)11-14/h2-4,11,13,16H,5-10,12H2,1H3/t13-/m0/s1. The second-order valence-electron chi connectivity index (χ2n) is 6.27. The normalized spacial score (nSPS) is 23.3. The Bertz CT molecular complexity index is 648. The maximum absolute atomic E-state index is 13.3. The van der Waals surface area contributed by atoms with Crippen molar-refractivity contribution in [1.29, 1.82) is 0 Å². The van der Waals surface area contributed by atoms with E-state index in [9.17, 15) is 12.8 Å². The highest BCUT2D eigenvalue weighted by Gasteiger charge is 2.41. The molecule has 1 saturated heterocycles. The van der Waals surface area contributed by atoms with Crippen LogP contribution in [0.3, 0.4) is 0 Å². The highest BCUT2D eigenvalue weighted by molar-refractivity contribution is 7.86. The lowest BCUT2D eigenvalue weighted by molar-refractivity contribution is 0.00817. The summed E-state index contributed by atoms with van der Waals surface area (Å²) < 4.78 is 47.7. The molecule has 1 saturated carbocycles. The van der Waals surface area contributed by atoms with E-state index in [4.69, 9.17) is 4.74 Å². The summed E-state index contributed by atoms with van der Waals surface area (Å²) in [6, 6.07) is 6.44. The van der Waals surface area contributed by atoms with Crippen molar-refractivity contribution in [1.82, 2.24) is 8.61 Å². The van der Waals surface area contributed by atoms with Crippen molar-refractivity contribution in [2.75, 3.05) is 26.2 Å². The number of hydrogen-bond donors (Lipinski definition) is 0. The predicted octanol–water partition coefficient (Wildman–Crippen LogP) is 1.80. The van der Waals surface area contributed by atoms with E-state index in [1.54, 1.807) is 10.4 Å². The fraction of sp³-hybridized carbons (Fsp3) is 0.625. The van der Waals surface area contributed by atoms with E-state index in [0.717, 1.165) is 18.4 Å². The second kappa shape index (κ2) is 6.84. The third-order valence-corrected chi connectivity index (χ3v) is 6.35. The fourth-order valence-electron chi connectivity index (χ4n) is 2.92. The molecule has 0 radical (unpaired) electrons. The van der Waals surface area contributed by atoms with Crippen molar-refractivity contribution in [2.24, 2.45) is 0 Å². The second-order valence-corrected chi connectivity index (χ2v) is 8.15. The molecule has 0 aromatic heterocycles. The van der Waals surface area contributed by atoms with Gasteiger partial charge in [0, 0.05) is 25.7 Å². The van der Waals surface area contributed by atoms with Crippen LogP contribution in [-0.2, 0) is 21.4 Å². The molecule has 1 aromatic carbocycles. The van der Waals surface area contributed by atoms with Crippen molar-refractivity contribution >= 4 is 10.2 Å². The Labute approximate surface area is 137 Å². The van der Waals surface area contributed by atoms with Crippen LogP contribution in [0.15, 0.2) is 24.3 Å². The summed E-state index contributed by atoms with van der Waals surface area (Å²) in [5.41, 5.74) is 0.821. The Morgan fingerprint density at radius 2 is 2.17 bits per heavy atom. The maximum atomic E-state index is 13.3. The van der Waals surface area contributed by atoms with Crippen molar-refractivity contribution in [3.8, 4) is 0 Å². The number of rotatable bonds is 6. The third-order valence-electron chi connectivity index (χ3n) is 4.29. The molecule has 1 aliphatic carbocycles. The zero-order chi connectivity index (χ0) is 16.4. The molecular formula is C16H23FN2O3S. The van der Waals surface area contributed by atoms with E-state index < -0.39 is 10.2 Å². The van der Waals surface area contributed by atoms with Gasteiger partial charge < -0.3 is 4.74 Å². The maximum Gasteiger partial charge on any atom is 0.282 e. The minimum Gasteiger partial charge on any atom is -0.376 e. The van der Waals surface area contributed by atoms with Gasteiger partial charge in [0.1, 0.15) is 5.82 Å². The van der Waals surface area contributed by atoms with E-state index in [0.29, 0.717) is 32.7 Å². The molecule has 0 N–H and O–H groups in total. The molecule has 7 heteroatoms. The quantitative estimate of drug-likeness (QED) is 0.792. The number of morpholine rings is 1. The molecule has 0 amide bonds. The van der Waals surface area contributed by atoms with E-state index >= 15 is 0 Å². The lowest BCUT2D eigenvalue weighted by Crippen LogP contribution is -2.51. The van der Waals surface area contributed by atoms with E-state index in [1.807, 2.05) is 13.0 Å². The first-order chi connectivity index (χ1) is 11.0. The van der Waals surface area contributed by atoms with E-state index in [1.165, 1.54) is 16.4 Å². The molecule has 23 heavy (non-hydrogen) atoms. The van der Waals surface area contributed by atoms with E-state index in [2.05, 4.69) is 0 Å². The lowest BCUT2D eigenvalue weighted by Gasteiger charge is -2.34. The Balaban J connectivity index is 1.70. The van der Waals surface area contributed by atoms with Gasteiger partial charge in [-0.15, -0.1) is 0 Å². The first-order valence-electron chi connectivity index (χ1n) is 8.10. The van der Waals surface area contributed by atoms with Crippen LogP contribution in [0.2, 0.25) is 0 Å². The highest BCUT2D eigenvalue weighted by atomic mass is 32.2. The SMILES string of the molecule is C[C@H]1CN(S(=O)(=O)N(CCc2cccc(F)c2)C2CC2)CCO1. The van der Waals surface area contributed by atoms with Gasteiger partial charge in [0.15, 0.2) is 0 Å². The summed E-state index contributed by atoms with van der Waals surface area (Å²) in [5, 5.41) is 0. The molecule has 128 valence electrons. The minimum absolute atomic E-state index is 0.0807. The average molecular weight is 342 g/mol. The van der Waals surface area contributed by atoms with Crippen LogP contribution in [0.25, 0.3) is 0 Å². The van der Waals surface area contributed by atoms with Gasteiger partial charge in [-0.1, -0.05) is 12.1 Å². The number of nitrogens with zero attached hydrogens (tertiary/aromatic N) is 2. The van der Waals surface area contributed by atoms with Gasteiger partial charge >= 0.3 is 0 Å². The molecule has 1 aliphatic heterocycles. The summed E-state index contributed by atoms with van der Waals surface area (Å²) in [4.78, 5) is 0. The van der Waals surface area contributed by atoms with Crippen LogP contribution in [0, 0.1) is 5.82 Å². The van der Waals surface area contributed by atoms with Crippen LogP contribution in [0.5, 0.6) is 0 Å². The Kier molecular flexibility index (Phi) is 5.01. The van der Waals surface area contributed by atoms with Gasteiger partial charge in [-0.3, -0.25) is 0 Å². The Morgan fingerprint density at radius 1 is 1.39 bits per heavy atom. The fourth-order valence-corrected chi connectivity index (χ4v) is 4.83. The van der Waals surface area contributed by atoms with Gasteiger partial charge in [0.25, 0.3) is 10.2 Å². The molecule has 1 heterocycles. The molecule has 1 atom stereocenters. The molecule has 1 aromatic rings. The molecule has 2 fully saturated rings. The topological polar surface area (TPSA) is 49.9 Å². The van der Waals surface area contributed by atoms with Crippen LogP contribution >= 0.6 is 0 Å². The van der Waals surface area contributed by atoms with Crippen molar-refractivity contribution in [2.45, 2.75) is 38.3 Å². The number of hydrogen-bond acceptors (Lipinski definition) is 3. The van der Waals surface area contributed by atoms with Gasteiger partial charge in [-0.25, -0.2) is 4.39 Å². The zero-order valence-electron chi connectivity index (χ0n) is 13.3. The molecule has 3 rings (SSSR count). The van der Waals surface area contributed by atoms with Crippen molar-refractivity contribution in [3.05, 3.63) is 35.6 Å². The minimum atomic E-state index is -3.48. The molecule has 0 bridgehead atoms. The molecule has 2 aliphatic rings. The monoisotopic (exact) mass is 342 g/mol. The molecule has 5 nitrogen and oxygen atoms in total. The number of benzene rings is 1. The summed E-state index contributed by atoms with van der Waals surface area (Å²) in [6.07, 6.45) is 2.25. The Hall–Kier alpha value is -1.02. The predicted molar refractivity (Wildman–Crippen MR) is 85.7 cm³/mol. The zero-order valence-corrected chi connectivity index (χ0v) is 14.1. The van der Waals surface area contributed by atoms with Gasteiger partial charge in [-0.05, 0) is 43.9 Å². The summed E-state index contributed by atoms with van der Waals surface area (Å²) in [7, 11) is -3.48. The van der Waals surface area contributed by atoms with Crippen molar-refractivity contribution in [3.63, 3.8) is 0 Å². The lowest BCUT2D eigenvalue weighted by atomic mass is 10.1. The summed E-state index contributed by atoms with van der Waals surface area (Å²) in [6.45, 7) is 3.50. The largest absolute Gasteiger partial charge is 0.376 e. The van der Waals surface area contributed by atoms with Crippen LogP contribution < -0.4 is 0 Å². The first-order valence-corrected chi connectivity index (χ1v) is 9.49. The van der Waals surface area contributed by atoms with Crippen LogP contribution in [0.1, 0.15) is 25.3 Å². The Morgan fingerprint density at radius 3 is 2.83 bits per heavy atom. The molecule has 0 unspecified atom stereocenters. The molecule has 0 spiro atoms. The highest BCUT2D eigenvalue weighted by Crippen LogP contribution is 2.31. The smallest absolute Gasteiger partial charge is 0.282 e. The third kappa shape index (κ3) is 4.09. The average Bonchev–Trinajstić information content (AvgIpc) is 3.32.